The molecule has 1 unspecified atom stereocenters. The smallest absolute Gasteiger partial charge is 0.341 e. The summed E-state index contributed by atoms with van der Waals surface area (Å²) >= 11 is 0. The van der Waals surface area contributed by atoms with Crippen LogP contribution in [0.25, 0.3) is 0 Å². The Balaban J connectivity index is 1.68. The number of fused-ring (bicyclic) bond motifs is 1. The number of alkyl halides is 3. The summed E-state index contributed by atoms with van der Waals surface area (Å²) in [5.74, 6) is 0.472. The molecular formula is C18H21F3N4O. The van der Waals surface area contributed by atoms with Crippen molar-refractivity contribution >= 4 is 5.91 Å². The number of amides is 1. The number of nitrogens with zero attached hydrogens (tertiary/aromatic N) is 4. The molecule has 3 rings (SSSR count). The van der Waals surface area contributed by atoms with Gasteiger partial charge >= 0.3 is 6.18 Å². The topological polar surface area (TPSA) is 51.0 Å². The third-order valence-electron chi connectivity index (χ3n) is 4.77. The van der Waals surface area contributed by atoms with E-state index in [9.17, 15) is 18.0 Å². The van der Waals surface area contributed by atoms with Crippen LogP contribution in [0.1, 0.15) is 40.8 Å². The molecule has 1 aliphatic heterocycles. The quantitative estimate of drug-likeness (QED) is 0.835. The van der Waals surface area contributed by atoms with E-state index < -0.39 is 11.9 Å². The molecule has 3 heterocycles. The summed E-state index contributed by atoms with van der Waals surface area (Å²) in [6.07, 6.45) is 1.84. The molecule has 1 amide bonds. The lowest BCUT2D eigenvalue weighted by Gasteiger charge is -2.28. The fourth-order valence-electron chi connectivity index (χ4n) is 3.39. The summed E-state index contributed by atoms with van der Waals surface area (Å²) in [7, 11) is 1.73. The van der Waals surface area contributed by atoms with Gasteiger partial charge in [0.1, 0.15) is 5.82 Å². The van der Waals surface area contributed by atoms with Crippen LogP contribution in [-0.2, 0) is 25.6 Å². The highest BCUT2D eigenvalue weighted by Crippen LogP contribution is 2.30. The van der Waals surface area contributed by atoms with Crippen LogP contribution in [-0.4, -0.2) is 38.9 Å². The van der Waals surface area contributed by atoms with Crippen LogP contribution in [0.15, 0.2) is 24.7 Å². The van der Waals surface area contributed by atoms with Crippen LogP contribution in [0.2, 0.25) is 0 Å². The van der Waals surface area contributed by atoms with Crippen molar-refractivity contribution in [3.8, 4) is 0 Å². The summed E-state index contributed by atoms with van der Waals surface area (Å²) in [6.45, 7) is 2.89. The van der Waals surface area contributed by atoms with E-state index >= 15 is 0 Å². The molecule has 0 bridgehead atoms. The van der Waals surface area contributed by atoms with E-state index in [1.165, 1.54) is 0 Å². The highest BCUT2D eigenvalue weighted by atomic mass is 19.4. The molecule has 1 aliphatic rings. The minimum absolute atomic E-state index is 0.0864. The van der Waals surface area contributed by atoms with Gasteiger partial charge in [-0.1, -0.05) is 6.92 Å². The Labute approximate surface area is 149 Å². The van der Waals surface area contributed by atoms with Crippen molar-refractivity contribution in [2.24, 2.45) is 5.92 Å². The molecule has 1 atom stereocenters. The molecule has 0 aromatic carbocycles. The maximum Gasteiger partial charge on any atom is 0.434 e. The van der Waals surface area contributed by atoms with Crippen molar-refractivity contribution in [1.29, 1.82) is 0 Å². The lowest BCUT2D eigenvalue weighted by atomic mass is 9.98. The van der Waals surface area contributed by atoms with E-state index in [0.717, 1.165) is 11.8 Å². The summed E-state index contributed by atoms with van der Waals surface area (Å²) in [6, 6.07) is 1.71. The van der Waals surface area contributed by atoms with Gasteiger partial charge in [0.15, 0.2) is 5.69 Å². The summed E-state index contributed by atoms with van der Waals surface area (Å²) in [5, 5.41) is 0. The molecule has 0 aliphatic carbocycles. The normalized spacial score (nSPS) is 17.0. The minimum atomic E-state index is -4.43. The predicted octanol–water partition coefficient (Wildman–Crippen LogP) is 3.19. The average Bonchev–Trinajstić information content (AvgIpc) is 3.04. The Hall–Kier alpha value is -2.38. The molecule has 2 aromatic heterocycles. The molecular weight excluding hydrogens is 345 g/mol. The highest BCUT2D eigenvalue weighted by Gasteiger charge is 2.36. The zero-order valence-corrected chi connectivity index (χ0v) is 14.8. The first-order valence-electron chi connectivity index (χ1n) is 8.61. The summed E-state index contributed by atoms with van der Waals surface area (Å²) in [4.78, 5) is 22.1. The number of aryl methyl sites for hydroxylation is 2. The van der Waals surface area contributed by atoms with Crippen molar-refractivity contribution in [2.45, 2.75) is 38.9 Å². The molecule has 0 saturated heterocycles. The SMILES string of the molecule is CCc1cnccc1C(=O)N(C)CC1CCc2nc(C(F)(F)F)cn2C1. The molecule has 0 spiro atoms. The number of halogens is 3. The lowest BCUT2D eigenvalue weighted by molar-refractivity contribution is -0.141. The number of imidazole rings is 1. The van der Waals surface area contributed by atoms with E-state index in [1.807, 2.05) is 6.92 Å². The van der Waals surface area contributed by atoms with Gasteiger partial charge in [-0.2, -0.15) is 13.2 Å². The van der Waals surface area contributed by atoms with Crippen LogP contribution in [0.5, 0.6) is 0 Å². The van der Waals surface area contributed by atoms with E-state index in [-0.39, 0.29) is 11.8 Å². The molecule has 8 heteroatoms. The third kappa shape index (κ3) is 3.73. The molecule has 2 aromatic rings. The molecule has 0 fully saturated rings. The van der Waals surface area contributed by atoms with Gasteiger partial charge in [-0.25, -0.2) is 4.98 Å². The molecule has 0 N–H and O–H groups in total. The van der Waals surface area contributed by atoms with E-state index in [4.69, 9.17) is 0 Å². The molecule has 26 heavy (non-hydrogen) atoms. The average molecular weight is 366 g/mol. The van der Waals surface area contributed by atoms with E-state index in [0.29, 0.717) is 43.7 Å². The van der Waals surface area contributed by atoms with Crippen LogP contribution in [0, 0.1) is 5.92 Å². The van der Waals surface area contributed by atoms with Crippen molar-refractivity contribution < 1.29 is 18.0 Å². The second kappa shape index (κ2) is 7.09. The minimum Gasteiger partial charge on any atom is -0.341 e. The molecule has 0 saturated carbocycles. The highest BCUT2D eigenvalue weighted by molar-refractivity contribution is 5.95. The van der Waals surface area contributed by atoms with Crippen molar-refractivity contribution in [1.82, 2.24) is 19.4 Å². The van der Waals surface area contributed by atoms with Crippen LogP contribution in [0.3, 0.4) is 0 Å². The molecule has 5 nitrogen and oxygen atoms in total. The van der Waals surface area contributed by atoms with Gasteiger partial charge in [-0.15, -0.1) is 0 Å². The van der Waals surface area contributed by atoms with Gasteiger partial charge in [0.05, 0.1) is 0 Å². The van der Waals surface area contributed by atoms with Gasteiger partial charge in [-0.05, 0) is 30.4 Å². The number of aromatic nitrogens is 3. The van der Waals surface area contributed by atoms with Gasteiger partial charge in [0, 0.05) is 50.7 Å². The fraction of sp³-hybridized carbons (Fsp3) is 0.500. The van der Waals surface area contributed by atoms with Crippen LogP contribution in [0.4, 0.5) is 13.2 Å². The van der Waals surface area contributed by atoms with Gasteiger partial charge in [-0.3, -0.25) is 9.78 Å². The van der Waals surface area contributed by atoms with Crippen LogP contribution < -0.4 is 0 Å². The zero-order chi connectivity index (χ0) is 18.9. The van der Waals surface area contributed by atoms with Gasteiger partial charge in [0.25, 0.3) is 5.91 Å². The Bertz CT molecular complexity index is 800. The van der Waals surface area contributed by atoms with E-state index in [1.54, 1.807) is 35.0 Å². The fourth-order valence-corrected chi connectivity index (χ4v) is 3.39. The summed E-state index contributed by atoms with van der Waals surface area (Å²) in [5.41, 5.74) is 0.671. The monoisotopic (exact) mass is 366 g/mol. The first-order chi connectivity index (χ1) is 12.3. The number of carbonyl (C=O) groups excluding carboxylic acids is 1. The maximum atomic E-state index is 12.8. The largest absolute Gasteiger partial charge is 0.434 e. The Kier molecular flexibility index (Phi) is 5.02. The second-order valence-electron chi connectivity index (χ2n) is 6.67. The van der Waals surface area contributed by atoms with Gasteiger partial charge in [0.2, 0.25) is 0 Å². The second-order valence-corrected chi connectivity index (χ2v) is 6.67. The predicted molar refractivity (Wildman–Crippen MR) is 89.6 cm³/mol. The number of rotatable bonds is 4. The number of hydrogen-bond donors (Lipinski definition) is 0. The Morgan fingerprint density at radius 1 is 1.42 bits per heavy atom. The van der Waals surface area contributed by atoms with Gasteiger partial charge < -0.3 is 9.47 Å². The van der Waals surface area contributed by atoms with Crippen molar-refractivity contribution in [2.75, 3.05) is 13.6 Å². The zero-order valence-electron chi connectivity index (χ0n) is 14.8. The van der Waals surface area contributed by atoms with Crippen LogP contribution >= 0.6 is 0 Å². The van der Waals surface area contributed by atoms with Crippen molar-refractivity contribution in [3.05, 3.63) is 47.3 Å². The molecule has 0 radical (unpaired) electrons. The van der Waals surface area contributed by atoms with Crippen molar-refractivity contribution in [3.63, 3.8) is 0 Å². The van der Waals surface area contributed by atoms with E-state index in [2.05, 4.69) is 9.97 Å². The first-order valence-corrected chi connectivity index (χ1v) is 8.61. The number of pyridine rings is 1. The standard InChI is InChI=1S/C18H21F3N4O/c1-3-13-8-22-7-6-14(13)17(26)24(2)9-12-4-5-16-23-15(18(19,20)21)11-25(16)10-12/h6-8,11-12H,3-5,9-10H2,1-2H3. The summed E-state index contributed by atoms with van der Waals surface area (Å²) < 4.78 is 40.0. The lowest BCUT2D eigenvalue weighted by Crippen LogP contribution is -2.35. The maximum absolute atomic E-state index is 12.8. The Morgan fingerprint density at radius 3 is 2.88 bits per heavy atom. The molecule has 140 valence electrons. The number of hydrogen-bond acceptors (Lipinski definition) is 3. The number of carbonyl (C=O) groups is 1. The Morgan fingerprint density at radius 2 is 2.19 bits per heavy atom. The first kappa shape index (κ1) is 18.4. The third-order valence-corrected chi connectivity index (χ3v) is 4.77.